The van der Waals surface area contributed by atoms with Crippen molar-refractivity contribution in [3.05, 3.63) is 0 Å². The van der Waals surface area contributed by atoms with E-state index < -0.39 is 23.3 Å². The summed E-state index contributed by atoms with van der Waals surface area (Å²) in [6.45, 7) is 0.688. The Bertz CT molecular complexity index is 317. The maximum Gasteiger partial charge on any atom is 0.319 e. The first-order chi connectivity index (χ1) is 9.03. The molecule has 0 amide bonds. The van der Waals surface area contributed by atoms with Gasteiger partial charge in [0.25, 0.3) is 0 Å². The molecule has 0 aromatic carbocycles. The van der Waals surface area contributed by atoms with E-state index in [1.54, 1.807) is 0 Å². The Labute approximate surface area is 111 Å². The largest absolute Gasteiger partial charge is 0.480 e. The van der Waals surface area contributed by atoms with Crippen LogP contribution in [0.15, 0.2) is 0 Å². The summed E-state index contributed by atoms with van der Waals surface area (Å²) < 4.78 is 15.0. The molecule has 1 aliphatic rings. The summed E-state index contributed by atoms with van der Waals surface area (Å²) in [5, 5.41) is 19.0. The van der Waals surface area contributed by atoms with Gasteiger partial charge in [-0.15, -0.1) is 0 Å². The summed E-state index contributed by atoms with van der Waals surface area (Å²) in [6.07, 6.45) is -1.17. The first-order valence-corrected chi connectivity index (χ1v) is 6.12. The van der Waals surface area contributed by atoms with E-state index in [-0.39, 0.29) is 32.7 Å². The maximum atomic E-state index is 11.8. The number of aliphatic hydroxyl groups excluding tert-OH is 1. The van der Waals surface area contributed by atoms with Gasteiger partial charge < -0.3 is 24.4 Å². The number of carbonyl (C=O) groups excluding carboxylic acids is 1. The van der Waals surface area contributed by atoms with Crippen molar-refractivity contribution in [2.75, 3.05) is 40.1 Å². The molecule has 2 atom stereocenters. The molecular weight excluding hydrogens is 256 g/mol. The summed E-state index contributed by atoms with van der Waals surface area (Å²) >= 11 is 0. The van der Waals surface area contributed by atoms with Gasteiger partial charge in [-0.2, -0.15) is 0 Å². The van der Waals surface area contributed by atoms with Gasteiger partial charge in [0.15, 0.2) is 11.2 Å². The van der Waals surface area contributed by atoms with E-state index in [1.165, 1.54) is 7.11 Å². The highest BCUT2D eigenvalue weighted by Gasteiger charge is 2.49. The van der Waals surface area contributed by atoms with Crippen LogP contribution in [0.5, 0.6) is 0 Å². The van der Waals surface area contributed by atoms with Crippen molar-refractivity contribution in [1.29, 1.82) is 0 Å². The highest BCUT2D eigenvalue weighted by atomic mass is 16.5. The van der Waals surface area contributed by atoms with E-state index in [2.05, 4.69) is 0 Å². The van der Waals surface area contributed by atoms with Crippen LogP contribution >= 0.6 is 0 Å². The van der Waals surface area contributed by atoms with Gasteiger partial charge in [-0.1, -0.05) is 0 Å². The molecule has 1 fully saturated rings. The molecule has 110 valence electrons. The number of hydrogen-bond donors (Lipinski definition) is 2. The van der Waals surface area contributed by atoms with Gasteiger partial charge in [-0.25, -0.2) is 0 Å². The maximum absolute atomic E-state index is 11.8. The SMILES string of the molecule is COCCOCC(O)CC1(C(=O)O)COCCC1=O. The molecule has 1 saturated heterocycles. The van der Waals surface area contributed by atoms with Crippen molar-refractivity contribution >= 4 is 11.8 Å². The molecule has 0 saturated carbocycles. The number of carbonyl (C=O) groups is 2. The average Bonchev–Trinajstić information content (AvgIpc) is 2.37. The molecule has 0 aromatic heterocycles. The fraction of sp³-hybridized carbons (Fsp3) is 0.833. The number of methoxy groups -OCH3 is 1. The summed E-state index contributed by atoms with van der Waals surface area (Å²) in [6, 6.07) is 0. The lowest BCUT2D eigenvalue weighted by atomic mass is 9.76. The first kappa shape index (κ1) is 16.0. The van der Waals surface area contributed by atoms with Gasteiger partial charge >= 0.3 is 5.97 Å². The van der Waals surface area contributed by atoms with E-state index in [4.69, 9.17) is 14.2 Å². The highest BCUT2D eigenvalue weighted by molar-refractivity contribution is 6.03. The second kappa shape index (κ2) is 7.54. The number of aliphatic carboxylic acids is 1. The van der Waals surface area contributed by atoms with Crippen molar-refractivity contribution in [3.63, 3.8) is 0 Å². The normalized spacial score (nSPS) is 25.3. The van der Waals surface area contributed by atoms with Gasteiger partial charge in [0, 0.05) is 20.0 Å². The number of carboxylic acids is 1. The smallest absolute Gasteiger partial charge is 0.319 e. The molecular formula is C12H20O7. The highest BCUT2D eigenvalue weighted by Crippen LogP contribution is 2.31. The number of carboxylic acid groups (broad SMARTS) is 1. The van der Waals surface area contributed by atoms with E-state index in [9.17, 15) is 19.8 Å². The third-order valence-electron chi connectivity index (χ3n) is 3.09. The van der Waals surface area contributed by atoms with Crippen molar-refractivity contribution in [2.45, 2.75) is 18.9 Å². The lowest BCUT2D eigenvalue weighted by Crippen LogP contribution is -2.49. The minimum Gasteiger partial charge on any atom is -0.480 e. The third kappa shape index (κ3) is 4.24. The predicted molar refractivity (Wildman–Crippen MR) is 63.8 cm³/mol. The molecule has 1 rings (SSSR count). The number of rotatable bonds is 8. The molecule has 0 radical (unpaired) electrons. The van der Waals surface area contributed by atoms with Crippen LogP contribution in [-0.4, -0.2) is 68.2 Å². The quantitative estimate of drug-likeness (QED) is 0.453. The topological polar surface area (TPSA) is 102 Å². The van der Waals surface area contributed by atoms with Gasteiger partial charge in [0.1, 0.15) is 0 Å². The standard InChI is InChI=1S/C12H20O7/c1-17-4-5-18-7-9(13)6-12(11(15)16)8-19-3-2-10(12)14/h9,13H,2-8H2,1H3,(H,15,16). The zero-order valence-corrected chi connectivity index (χ0v) is 11.0. The molecule has 0 aromatic rings. The number of ketones is 1. The first-order valence-electron chi connectivity index (χ1n) is 6.12. The lowest BCUT2D eigenvalue weighted by Gasteiger charge is -2.32. The summed E-state index contributed by atoms with van der Waals surface area (Å²) in [4.78, 5) is 23.2. The Morgan fingerprint density at radius 3 is 2.84 bits per heavy atom. The number of Topliss-reactive ketones (excluding diaryl/α,β-unsaturated/α-hetero) is 1. The van der Waals surface area contributed by atoms with Crippen LogP contribution < -0.4 is 0 Å². The van der Waals surface area contributed by atoms with Gasteiger partial charge in [-0.05, 0) is 0 Å². The molecule has 0 bridgehead atoms. The van der Waals surface area contributed by atoms with E-state index in [0.29, 0.717) is 13.2 Å². The Kier molecular flexibility index (Phi) is 6.36. The number of aliphatic hydroxyl groups is 1. The number of hydrogen-bond acceptors (Lipinski definition) is 6. The molecule has 2 unspecified atom stereocenters. The molecule has 7 heteroatoms. The van der Waals surface area contributed by atoms with Crippen LogP contribution in [0.2, 0.25) is 0 Å². The monoisotopic (exact) mass is 276 g/mol. The lowest BCUT2D eigenvalue weighted by molar-refractivity contribution is -0.168. The molecule has 7 nitrogen and oxygen atoms in total. The molecule has 1 aliphatic heterocycles. The van der Waals surface area contributed by atoms with E-state index in [0.717, 1.165) is 0 Å². The second-order valence-electron chi connectivity index (χ2n) is 4.54. The van der Waals surface area contributed by atoms with Crippen LogP contribution in [0.4, 0.5) is 0 Å². The second-order valence-corrected chi connectivity index (χ2v) is 4.54. The van der Waals surface area contributed by atoms with E-state index >= 15 is 0 Å². The van der Waals surface area contributed by atoms with Crippen LogP contribution in [-0.2, 0) is 23.8 Å². The van der Waals surface area contributed by atoms with Crippen LogP contribution in [0, 0.1) is 5.41 Å². The molecule has 0 aliphatic carbocycles. The van der Waals surface area contributed by atoms with Gasteiger partial charge in [0.05, 0.1) is 39.1 Å². The fourth-order valence-electron chi connectivity index (χ4n) is 1.99. The Morgan fingerprint density at radius 1 is 1.53 bits per heavy atom. The van der Waals surface area contributed by atoms with Gasteiger partial charge in [-0.3, -0.25) is 9.59 Å². The summed E-state index contributed by atoms with van der Waals surface area (Å²) in [5.74, 6) is -1.66. The molecule has 0 spiro atoms. The minimum atomic E-state index is -1.65. The summed E-state index contributed by atoms with van der Waals surface area (Å²) in [7, 11) is 1.53. The van der Waals surface area contributed by atoms with Crippen molar-refractivity contribution in [2.24, 2.45) is 5.41 Å². The molecule has 19 heavy (non-hydrogen) atoms. The minimum absolute atomic E-state index is 0.0360. The van der Waals surface area contributed by atoms with Crippen molar-refractivity contribution in [1.82, 2.24) is 0 Å². The van der Waals surface area contributed by atoms with Crippen LogP contribution in [0.3, 0.4) is 0 Å². The van der Waals surface area contributed by atoms with Crippen molar-refractivity contribution < 1.29 is 34.0 Å². The zero-order valence-electron chi connectivity index (χ0n) is 11.0. The Morgan fingerprint density at radius 2 is 2.26 bits per heavy atom. The molecule has 2 N–H and O–H groups in total. The summed E-state index contributed by atoms with van der Waals surface area (Å²) in [5.41, 5.74) is -1.65. The van der Waals surface area contributed by atoms with Crippen molar-refractivity contribution in [3.8, 4) is 0 Å². The molecule has 1 heterocycles. The predicted octanol–water partition coefficient (Wildman–Crippen LogP) is -0.539. The Balaban J connectivity index is 2.53. The Hall–Kier alpha value is -1.02. The van der Waals surface area contributed by atoms with E-state index in [1.807, 2.05) is 0 Å². The van der Waals surface area contributed by atoms with Crippen LogP contribution in [0.25, 0.3) is 0 Å². The zero-order chi connectivity index (χ0) is 14.3. The fourth-order valence-corrected chi connectivity index (χ4v) is 1.99. The van der Waals surface area contributed by atoms with Gasteiger partial charge in [0.2, 0.25) is 0 Å². The number of ether oxygens (including phenoxy) is 3. The van der Waals surface area contributed by atoms with Crippen LogP contribution in [0.1, 0.15) is 12.8 Å². The third-order valence-corrected chi connectivity index (χ3v) is 3.09. The average molecular weight is 276 g/mol.